The summed E-state index contributed by atoms with van der Waals surface area (Å²) in [5, 5.41) is 11.5. The molecular formula is C23H22N6O2. The van der Waals surface area contributed by atoms with Gasteiger partial charge in [-0.1, -0.05) is 47.6 Å². The van der Waals surface area contributed by atoms with E-state index in [0.29, 0.717) is 28.9 Å². The summed E-state index contributed by atoms with van der Waals surface area (Å²) in [6, 6.07) is 17.4. The van der Waals surface area contributed by atoms with Crippen LogP contribution < -0.4 is 5.32 Å². The maximum atomic E-state index is 13.1. The molecular weight excluding hydrogens is 392 g/mol. The van der Waals surface area contributed by atoms with Gasteiger partial charge in [-0.05, 0) is 37.8 Å². The molecule has 2 aromatic heterocycles. The van der Waals surface area contributed by atoms with E-state index in [4.69, 9.17) is 4.52 Å². The second-order valence-electron chi connectivity index (χ2n) is 7.69. The van der Waals surface area contributed by atoms with Gasteiger partial charge in [-0.3, -0.25) is 4.79 Å². The average molecular weight is 414 g/mol. The van der Waals surface area contributed by atoms with Gasteiger partial charge in [-0.2, -0.15) is 10.1 Å². The van der Waals surface area contributed by atoms with Crippen LogP contribution in [0.1, 0.15) is 42.1 Å². The molecule has 1 fully saturated rings. The minimum Gasteiger partial charge on any atom is -0.349 e. The molecule has 1 aliphatic rings. The SMILES string of the molecule is O=C(NC1CCC(n2cncn2)CC1)c1ccccc1-c1nc(-c2ccccc2)no1. The minimum absolute atomic E-state index is 0.126. The van der Waals surface area contributed by atoms with Crippen LogP contribution in [0.5, 0.6) is 0 Å². The third kappa shape index (κ3) is 4.09. The fourth-order valence-corrected chi connectivity index (χ4v) is 4.06. The predicted molar refractivity (Wildman–Crippen MR) is 114 cm³/mol. The van der Waals surface area contributed by atoms with Crippen LogP contribution in [0.25, 0.3) is 22.8 Å². The summed E-state index contributed by atoms with van der Waals surface area (Å²) in [5.74, 6) is 0.705. The first-order valence-corrected chi connectivity index (χ1v) is 10.4. The Hall–Kier alpha value is -3.81. The lowest BCUT2D eigenvalue weighted by Crippen LogP contribution is -2.38. The van der Waals surface area contributed by atoms with Gasteiger partial charge in [0.2, 0.25) is 5.82 Å². The number of nitrogens with zero attached hydrogens (tertiary/aromatic N) is 5. The first kappa shape index (κ1) is 19.2. The van der Waals surface area contributed by atoms with Crippen LogP contribution in [-0.2, 0) is 0 Å². The van der Waals surface area contributed by atoms with Crippen LogP contribution in [0.3, 0.4) is 0 Å². The highest BCUT2D eigenvalue weighted by Crippen LogP contribution is 2.29. The van der Waals surface area contributed by atoms with Gasteiger partial charge in [0.15, 0.2) is 0 Å². The first-order valence-electron chi connectivity index (χ1n) is 10.4. The summed E-state index contributed by atoms with van der Waals surface area (Å²) in [5.41, 5.74) is 2.03. The van der Waals surface area contributed by atoms with Crippen LogP contribution in [-0.4, -0.2) is 36.9 Å². The van der Waals surface area contributed by atoms with Crippen molar-refractivity contribution in [1.82, 2.24) is 30.2 Å². The van der Waals surface area contributed by atoms with E-state index in [9.17, 15) is 4.79 Å². The lowest BCUT2D eigenvalue weighted by molar-refractivity contribution is 0.0922. The van der Waals surface area contributed by atoms with Gasteiger partial charge in [0.25, 0.3) is 11.8 Å². The van der Waals surface area contributed by atoms with Crippen LogP contribution in [0.4, 0.5) is 0 Å². The molecule has 0 spiro atoms. The second kappa shape index (κ2) is 8.51. The van der Waals surface area contributed by atoms with E-state index in [2.05, 4.69) is 25.5 Å². The normalized spacial score (nSPS) is 18.6. The number of carbonyl (C=O) groups excluding carboxylic acids is 1. The summed E-state index contributed by atoms with van der Waals surface area (Å²) in [7, 11) is 0. The van der Waals surface area contributed by atoms with Gasteiger partial charge >= 0.3 is 0 Å². The summed E-state index contributed by atoms with van der Waals surface area (Å²) in [6.45, 7) is 0. The first-order chi connectivity index (χ1) is 15.3. The minimum atomic E-state index is -0.126. The van der Waals surface area contributed by atoms with Crippen molar-refractivity contribution in [3.05, 3.63) is 72.8 Å². The van der Waals surface area contributed by atoms with Crippen molar-refractivity contribution in [2.45, 2.75) is 37.8 Å². The molecule has 5 rings (SSSR count). The summed E-state index contributed by atoms with van der Waals surface area (Å²) in [6.07, 6.45) is 7.04. The number of nitrogens with one attached hydrogen (secondary N) is 1. The lowest BCUT2D eigenvalue weighted by Gasteiger charge is -2.29. The van der Waals surface area contributed by atoms with Crippen molar-refractivity contribution in [1.29, 1.82) is 0 Å². The molecule has 1 N–H and O–H groups in total. The maximum absolute atomic E-state index is 13.1. The predicted octanol–water partition coefficient (Wildman–Crippen LogP) is 3.91. The van der Waals surface area contributed by atoms with Gasteiger partial charge in [-0.25, -0.2) is 9.67 Å². The molecule has 8 heteroatoms. The van der Waals surface area contributed by atoms with Crippen LogP contribution in [0.15, 0.2) is 71.8 Å². The Kier molecular flexibility index (Phi) is 5.26. The summed E-state index contributed by atoms with van der Waals surface area (Å²) >= 11 is 0. The van der Waals surface area contributed by atoms with Gasteiger partial charge in [0, 0.05) is 11.6 Å². The number of rotatable bonds is 5. The molecule has 2 heterocycles. The molecule has 2 aromatic carbocycles. The molecule has 0 atom stereocenters. The number of aromatic nitrogens is 5. The lowest BCUT2D eigenvalue weighted by atomic mass is 9.91. The second-order valence-corrected chi connectivity index (χ2v) is 7.69. The van der Waals surface area contributed by atoms with Crippen molar-refractivity contribution in [3.63, 3.8) is 0 Å². The molecule has 1 saturated carbocycles. The Bertz CT molecular complexity index is 1150. The molecule has 8 nitrogen and oxygen atoms in total. The molecule has 156 valence electrons. The van der Waals surface area contributed by atoms with Gasteiger partial charge in [0.05, 0.1) is 17.2 Å². The van der Waals surface area contributed by atoms with Crippen LogP contribution in [0.2, 0.25) is 0 Å². The highest BCUT2D eigenvalue weighted by Gasteiger charge is 2.25. The van der Waals surface area contributed by atoms with Crippen molar-refractivity contribution in [2.75, 3.05) is 0 Å². The molecule has 0 saturated heterocycles. The van der Waals surface area contributed by atoms with E-state index >= 15 is 0 Å². The molecule has 0 bridgehead atoms. The quantitative estimate of drug-likeness (QED) is 0.532. The Morgan fingerprint density at radius 2 is 1.77 bits per heavy atom. The third-order valence-electron chi connectivity index (χ3n) is 5.70. The third-order valence-corrected chi connectivity index (χ3v) is 5.70. The van der Waals surface area contributed by atoms with Gasteiger partial charge < -0.3 is 9.84 Å². The van der Waals surface area contributed by atoms with Crippen LogP contribution >= 0.6 is 0 Å². The van der Waals surface area contributed by atoms with E-state index in [0.717, 1.165) is 31.2 Å². The summed E-state index contributed by atoms with van der Waals surface area (Å²) < 4.78 is 7.39. The van der Waals surface area contributed by atoms with Crippen molar-refractivity contribution >= 4 is 5.91 Å². The number of hydrogen-bond acceptors (Lipinski definition) is 6. The van der Waals surface area contributed by atoms with E-state index in [-0.39, 0.29) is 11.9 Å². The largest absolute Gasteiger partial charge is 0.349 e. The number of hydrogen-bond donors (Lipinski definition) is 1. The van der Waals surface area contributed by atoms with Gasteiger partial charge in [-0.15, -0.1) is 0 Å². The molecule has 1 aliphatic carbocycles. The van der Waals surface area contributed by atoms with Crippen molar-refractivity contribution in [2.24, 2.45) is 0 Å². The zero-order valence-corrected chi connectivity index (χ0v) is 16.9. The van der Waals surface area contributed by atoms with E-state index < -0.39 is 0 Å². The molecule has 0 aliphatic heterocycles. The molecule has 4 aromatic rings. The smallest absolute Gasteiger partial charge is 0.259 e. The zero-order valence-electron chi connectivity index (χ0n) is 16.9. The van der Waals surface area contributed by atoms with Crippen molar-refractivity contribution < 1.29 is 9.32 Å². The number of carbonyl (C=O) groups is 1. The van der Waals surface area contributed by atoms with Crippen molar-refractivity contribution in [3.8, 4) is 22.8 Å². The van der Waals surface area contributed by atoms with E-state index in [1.165, 1.54) is 0 Å². The van der Waals surface area contributed by atoms with E-state index in [1.807, 2.05) is 53.2 Å². The standard InChI is InChI=1S/C23H22N6O2/c30-22(26-17-10-12-18(13-11-17)29-15-24-14-25-29)19-8-4-5-9-20(19)23-27-21(28-31-23)16-6-2-1-3-7-16/h1-9,14-15,17-18H,10-13H2,(H,26,30). The Morgan fingerprint density at radius 1 is 1.00 bits per heavy atom. The molecule has 0 unspecified atom stereocenters. The highest BCUT2D eigenvalue weighted by molar-refractivity contribution is 6.00. The maximum Gasteiger partial charge on any atom is 0.259 e. The topological polar surface area (TPSA) is 98.7 Å². The van der Waals surface area contributed by atoms with E-state index in [1.54, 1.807) is 18.7 Å². The van der Waals surface area contributed by atoms with Crippen LogP contribution in [0, 0.1) is 0 Å². The zero-order chi connectivity index (χ0) is 21.0. The van der Waals surface area contributed by atoms with Gasteiger partial charge in [0.1, 0.15) is 12.7 Å². The average Bonchev–Trinajstić information content (AvgIpc) is 3.53. The fraction of sp³-hybridized carbons (Fsp3) is 0.261. The molecule has 1 amide bonds. The Labute approximate surface area is 179 Å². The monoisotopic (exact) mass is 414 g/mol. The number of amides is 1. The fourth-order valence-electron chi connectivity index (χ4n) is 4.06. The highest BCUT2D eigenvalue weighted by atomic mass is 16.5. The molecule has 0 radical (unpaired) electrons. The summed E-state index contributed by atoms with van der Waals surface area (Å²) in [4.78, 5) is 21.6. The Morgan fingerprint density at radius 3 is 2.55 bits per heavy atom. The Balaban J connectivity index is 1.29. The number of benzene rings is 2. The molecule has 31 heavy (non-hydrogen) atoms.